The van der Waals surface area contributed by atoms with Crippen LogP contribution in [-0.2, 0) is 17.1 Å². The number of nitrogens with zero attached hydrogens (tertiary/aromatic N) is 1. The highest BCUT2D eigenvalue weighted by atomic mass is 32.2. The second-order valence-electron chi connectivity index (χ2n) is 6.52. The molecule has 0 saturated carbocycles. The van der Waals surface area contributed by atoms with Crippen molar-refractivity contribution in [1.29, 1.82) is 0 Å². The first-order valence-electron chi connectivity index (χ1n) is 9.36. The molecule has 0 bridgehead atoms. The third-order valence-electron chi connectivity index (χ3n) is 4.32. The van der Waals surface area contributed by atoms with Gasteiger partial charge >= 0.3 is 0 Å². The Balaban J connectivity index is 1.59. The van der Waals surface area contributed by atoms with Crippen LogP contribution in [0, 0.1) is 0 Å². The van der Waals surface area contributed by atoms with E-state index in [4.69, 9.17) is 0 Å². The van der Waals surface area contributed by atoms with Gasteiger partial charge in [-0.3, -0.25) is 14.6 Å². The van der Waals surface area contributed by atoms with E-state index in [0.29, 0.717) is 17.8 Å². The van der Waals surface area contributed by atoms with Crippen LogP contribution in [0.2, 0.25) is 0 Å². The molecule has 0 radical (unpaired) electrons. The number of para-hydroxylation sites is 1. The number of anilines is 1. The van der Waals surface area contributed by atoms with E-state index in [9.17, 15) is 9.59 Å². The van der Waals surface area contributed by atoms with Crippen LogP contribution in [0.15, 0.2) is 79.1 Å². The average Bonchev–Trinajstić information content (AvgIpc) is 2.77. The lowest BCUT2D eigenvalue weighted by molar-refractivity contribution is -0.115. The number of carbonyl (C=O) groups excluding carboxylic acids is 2. The van der Waals surface area contributed by atoms with Crippen LogP contribution in [0.3, 0.4) is 0 Å². The molecule has 2 amide bonds. The van der Waals surface area contributed by atoms with Gasteiger partial charge in [0.05, 0.1) is 16.5 Å². The van der Waals surface area contributed by atoms with Gasteiger partial charge in [-0.25, -0.2) is 0 Å². The first kappa shape index (κ1) is 20.6. The summed E-state index contributed by atoms with van der Waals surface area (Å²) >= 11 is 1.56. The lowest BCUT2D eigenvalue weighted by Crippen LogP contribution is -2.27. The van der Waals surface area contributed by atoms with Gasteiger partial charge in [0.1, 0.15) is 0 Å². The first-order chi connectivity index (χ1) is 14.1. The molecule has 1 atom stereocenters. The Hall–Kier alpha value is -3.12. The lowest BCUT2D eigenvalue weighted by Gasteiger charge is -2.15. The number of nitrogens with one attached hydrogen (secondary N) is 2. The smallest absolute Gasteiger partial charge is 0.253 e. The van der Waals surface area contributed by atoms with Crippen molar-refractivity contribution >= 4 is 29.3 Å². The van der Waals surface area contributed by atoms with Gasteiger partial charge in [0.15, 0.2) is 0 Å². The molecule has 1 aromatic heterocycles. The molecule has 0 unspecified atom stereocenters. The maximum Gasteiger partial charge on any atom is 0.253 e. The van der Waals surface area contributed by atoms with Crippen molar-refractivity contribution < 1.29 is 9.59 Å². The van der Waals surface area contributed by atoms with E-state index < -0.39 is 0 Å². The number of aromatic nitrogens is 1. The number of hydrogen-bond donors (Lipinski definition) is 2. The van der Waals surface area contributed by atoms with Crippen molar-refractivity contribution in [1.82, 2.24) is 10.3 Å². The molecule has 148 valence electrons. The molecule has 0 aliphatic rings. The molecule has 3 rings (SSSR count). The number of carbonyl (C=O) groups is 2. The first-order valence-corrected chi connectivity index (χ1v) is 10.4. The van der Waals surface area contributed by atoms with Crippen molar-refractivity contribution in [2.45, 2.75) is 24.5 Å². The van der Waals surface area contributed by atoms with E-state index >= 15 is 0 Å². The summed E-state index contributed by atoms with van der Waals surface area (Å²) in [7, 11) is 0. The molecule has 5 nitrogen and oxygen atoms in total. The van der Waals surface area contributed by atoms with Crippen LogP contribution in [0.5, 0.6) is 0 Å². The van der Waals surface area contributed by atoms with Crippen LogP contribution in [0.4, 0.5) is 5.69 Å². The third-order valence-corrected chi connectivity index (χ3v) is 5.53. The molecule has 2 aromatic carbocycles. The molecular weight excluding hydrogens is 382 g/mol. The zero-order valence-electron chi connectivity index (χ0n) is 16.2. The van der Waals surface area contributed by atoms with E-state index in [-0.39, 0.29) is 17.1 Å². The Morgan fingerprint density at radius 3 is 2.45 bits per heavy atom. The Morgan fingerprint density at radius 2 is 1.69 bits per heavy atom. The molecule has 6 heteroatoms. The summed E-state index contributed by atoms with van der Waals surface area (Å²) in [5.41, 5.74) is 3.03. The Kier molecular flexibility index (Phi) is 7.41. The normalized spacial score (nSPS) is 11.5. The molecule has 29 heavy (non-hydrogen) atoms. The van der Waals surface area contributed by atoms with Crippen molar-refractivity contribution in [2.75, 3.05) is 5.32 Å². The minimum Gasteiger partial charge on any atom is -0.348 e. The van der Waals surface area contributed by atoms with Gasteiger partial charge in [-0.2, -0.15) is 0 Å². The van der Waals surface area contributed by atoms with Gasteiger partial charge in [-0.1, -0.05) is 48.5 Å². The number of pyridine rings is 1. The standard InChI is InChI=1S/C23H23N3O2S/c1-17(29-16-18-8-3-2-4-9-18)22(27)26-21-12-6-5-11-20(21)23(28)25-15-19-10-7-13-24-14-19/h2-14,17H,15-16H2,1H3,(H,25,28)(H,26,27)/t17-/m1/s1. The largest absolute Gasteiger partial charge is 0.348 e. The molecule has 0 aliphatic carbocycles. The lowest BCUT2D eigenvalue weighted by atomic mass is 10.1. The van der Waals surface area contributed by atoms with Gasteiger partial charge in [0.2, 0.25) is 5.91 Å². The summed E-state index contributed by atoms with van der Waals surface area (Å²) in [5.74, 6) is 0.385. The molecule has 0 saturated heterocycles. The van der Waals surface area contributed by atoms with Crippen molar-refractivity contribution in [2.24, 2.45) is 0 Å². The van der Waals surface area contributed by atoms with Gasteiger partial charge in [0, 0.05) is 24.7 Å². The van der Waals surface area contributed by atoms with Gasteiger partial charge in [-0.05, 0) is 36.2 Å². The average molecular weight is 406 g/mol. The highest BCUT2D eigenvalue weighted by Gasteiger charge is 2.17. The second-order valence-corrected chi connectivity index (χ2v) is 7.85. The van der Waals surface area contributed by atoms with Gasteiger partial charge in [0.25, 0.3) is 5.91 Å². The van der Waals surface area contributed by atoms with E-state index in [1.54, 1.807) is 48.4 Å². The summed E-state index contributed by atoms with van der Waals surface area (Å²) in [4.78, 5) is 29.3. The summed E-state index contributed by atoms with van der Waals surface area (Å²) in [5, 5.41) is 5.51. The fourth-order valence-electron chi connectivity index (χ4n) is 2.68. The molecule has 0 fully saturated rings. The van der Waals surface area contributed by atoms with Gasteiger partial charge < -0.3 is 10.6 Å². The molecular formula is C23H23N3O2S. The Labute approximate surface area is 175 Å². The summed E-state index contributed by atoms with van der Waals surface area (Å²) in [6.45, 7) is 2.24. The highest BCUT2D eigenvalue weighted by molar-refractivity contribution is 7.99. The Morgan fingerprint density at radius 1 is 0.966 bits per heavy atom. The summed E-state index contributed by atoms with van der Waals surface area (Å²) in [6, 6.07) is 20.8. The maximum absolute atomic E-state index is 12.6. The van der Waals surface area contributed by atoms with Crippen LogP contribution < -0.4 is 10.6 Å². The fraction of sp³-hybridized carbons (Fsp3) is 0.174. The zero-order valence-corrected chi connectivity index (χ0v) is 17.0. The highest BCUT2D eigenvalue weighted by Crippen LogP contribution is 2.21. The van der Waals surface area contributed by atoms with E-state index in [0.717, 1.165) is 11.3 Å². The van der Waals surface area contributed by atoms with Crippen LogP contribution in [0.1, 0.15) is 28.4 Å². The monoisotopic (exact) mass is 405 g/mol. The van der Waals surface area contributed by atoms with Crippen molar-refractivity contribution in [3.63, 3.8) is 0 Å². The van der Waals surface area contributed by atoms with Crippen LogP contribution in [0.25, 0.3) is 0 Å². The number of rotatable bonds is 8. The van der Waals surface area contributed by atoms with E-state index in [1.165, 1.54) is 5.56 Å². The summed E-state index contributed by atoms with van der Waals surface area (Å²) in [6.07, 6.45) is 3.40. The van der Waals surface area contributed by atoms with Crippen LogP contribution in [-0.4, -0.2) is 22.0 Å². The minimum atomic E-state index is -0.248. The van der Waals surface area contributed by atoms with Crippen molar-refractivity contribution in [3.8, 4) is 0 Å². The molecule has 0 spiro atoms. The van der Waals surface area contributed by atoms with Crippen LogP contribution >= 0.6 is 11.8 Å². The number of amides is 2. The quantitative estimate of drug-likeness (QED) is 0.587. The van der Waals surface area contributed by atoms with E-state index in [1.807, 2.05) is 49.4 Å². The number of benzene rings is 2. The zero-order chi connectivity index (χ0) is 20.5. The molecule has 1 heterocycles. The topological polar surface area (TPSA) is 71.1 Å². The van der Waals surface area contributed by atoms with Gasteiger partial charge in [-0.15, -0.1) is 11.8 Å². The molecule has 2 N–H and O–H groups in total. The SMILES string of the molecule is C[C@@H](SCc1ccccc1)C(=O)Nc1ccccc1C(=O)NCc1cccnc1. The molecule has 0 aliphatic heterocycles. The maximum atomic E-state index is 12.6. The Bertz CT molecular complexity index is 949. The predicted octanol–water partition coefficient (Wildman–Crippen LogP) is 4.27. The number of thioether (sulfide) groups is 1. The summed E-state index contributed by atoms with van der Waals surface area (Å²) < 4.78 is 0. The predicted molar refractivity (Wildman–Crippen MR) is 118 cm³/mol. The fourth-order valence-corrected chi connectivity index (χ4v) is 3.52. The minimum absolute atomic E-state index is 0.126. The van der Waals surface area contributed by atoms with Crippen molar-refractivity contribution in [3.05, 3.63) is 95.8 Å². The second kappa shape index (κ2) is 10.4. The third kappa shape index (κ3) is 6.19. The number of hydrogen-bond acceptors (Lipinski definition) is 4. The van der Waals surface area contributed by atoms with E-state index in [2.05, 4.69) is 15.6 Å². The molecule has 3 aromatic rings.